The summed E-state index contributed by atoms with van der Waals surface area (Å²) in [5, 5.41) is 2.77. The maximum absolute atomic E-state index is 12.2. The standard InChI is InChI=1S/C17H20N2OS/c1-11-7-8-15(9-12(11)2)19-17(20)13(3)21-16-6-4-5-14(18)10-16/h4-10,13H,18H2,1-3H3,(H,19,20). The molecule has 2 rings (SSSR count). The molecule has 0 saturated carbocycles. The third kappa shape index (κ3) is 4.26. The summed E-state index contributed by atoms with van der Waals surface area (Å²) in [5.74, 6) is -0.00863. The zero-order chi connectivity index (χ0) is 15.4. The number of thioether (sulfide) groups is 1. The number of carbonyl (C=O) groups is 1. The lowest BCUT2D eigenvalue weighted by Crippen LogP contribution is -2.22. The Kier molecular flexibility index (Phi) is 4.91. The molecule has 0 aliphatic heterocycles. The van der Waals surface area contributed by atoms with Crippen molar-refractivity contribution in [2.45, 2.75) is 30.9 Å². The second kappa shape index (κ2) is 6.68. The molecule has 110 valence electrons. The van der Waals surface area contributed by atoms with Crippen LogP contribution in [0.25, 0.3) is 0 Å². The fourth-order valence-corrected chi connectivity index (χ4v) is 2.84. The number of carbonyl (C=O) groups excluding carboxylic acids is 1. The van der Waals surface area contributed by atoms with Crippen molar-refractivity contribution in [3.63, 3.8) is 0 Å². The van der Waals surface area contributed by atoms with Gasteiger partial charge in [-0.3, -0.25) is 4.79 Å². The molecule has 0 aromatic heterocycles. The van der Waals surface area contributed by atoms with E-state index >= 15 is 0 Å². The highest BCUT2D eigenvalue weighted by atomic mass is 32.2. The lowest BCUT2D eigenvalue weighted by atomic mass is 10.1. The Bertz CT molecular complexity index is 655. The van der Waals surface area contributed by atoms with Gasteiger partial charge < -0.3 is 11.1 Å². The van der Waals surface area contributed by atoms with E-state index in [0.29, 0.717) is 5.69 Å². The zero-order valence-corrected chi connectivity index (χ0v) is 13.3. The molecule has 0 spiro atoms. The van der Waals surface area contributed by atoms with Gasteiger partial charge in [-0.15, -0.1) is 11.8 Å². The van der Waals surface area contributed by atoms with E-state index in [1.807, 2.05) is 56.3 Å². The van der Waals surface area contributed by atoms with E-state index in [0.717, 1.165) is 10.6 Å². The van der Waals surface area contributed by atoms with E-state index in [1.165, 1.54) is 22.9 Å². The molecule has 0 radical (unpaired) electrons. The van der Waals surface area contributed by atoms with E-state index < -0.39 is 0 Å². The Hall–Kier alpha value is -1.94. The SMILES string of the molecule is Cc1ccc(NC(=O)C(C)Sc2cccc(N)c2)cc1C. The normalized spacial score (nSPS) is 12.0. The predicted octanol–water partition coefficient (Wildman–Crippen LogP) is 4.00. The fourth-order valence-electron chi connectivity index (χ4n) is 1.91. The van der Waals surface area contributed by atoms with Gasteiger partial charge in [-0.2, -0.15) is 0 Å². The van der Waals surface area contributed by atoms with Gasteiger partial charge in [0, 0.05) is 16.3 Å². The second-order valence-electron chi connectivity index (χ2n) is 5.12. The maximum Gasteiger partial charge on any atom is 0.237 e. The largest absolute Gasteiger partial charge is 0.399 e. The van der Waals surface area contributed by atoms with Gasteiger partial charge in [-0.1, -0.05) is 12.1 Å². The summed E-state index contributed by atoms with van der Waals surface area (Å²) in [6.45, 7) is 5.99. The number of benzene rings is 2. The molecule has 0 saturated heterocycles. The molecule has 3 N–H and O–H groups in total. The van der Waals surface area contributed by atoms with Gasteiger partial charge in [-0.05, 0) is 62.2 Å². The van der Waals surface area contributed by atoms with Crippen LogP contribution in [0.3, 0.4) is 0 Å². The third-order valence-corrected chi connectivity index (χ3v) is 4.41. The number of hydrogen-bond acceptors (Lipinski definition) is 3. The highest BCUT2D eigenvalue weighted by Gasteiger charge is 2.14. The number of hydrogen-bond donors (Lipinski definition) is 2. The second-order valence-corrected chi connectivity index (χ2v) is 6.54. The van der Waals surface area contributed by atoms with Crippen LogP contribution < -0.4 is 11.1 Å². The van der Waals surface area contributed by atoms with Gasteiger partial charge in [0.25, 0.3) is 0 Å². The molecule has 1 amide bonds. The maximum atomic E-state index is 12.2. The fraction of sp³-hybridized carbons (Fsp3) is 0.235. The highest BCUT2D eigenvalue weighted by Crippen LogP contribution is 2.26. The van der Waals surface area contributed by atoms with E-state index in [2.05, 4.69) is 12.2 Å². The number of anilines is 2. The summed E-state index contributed by atoms with van der Waals surface area (Å²) in [7, 11) is 0. The molecular weight excluding hydrogens is 280 g/mol. The summed E-state index contributed by atoms with van der Waals surface area (Å²) >= 11 is 1.50. The molecule has 1 unspecified atom stereocenters. The molecule has 0 aliphatic rings. The van der Waals surface area contributed by atoms with Gasteiger partial charge >= 0.3 is 0 Å². The molecule has 0 bridgehead atoms. The smallest absolute Gasteiger partial charge is 0.237 e. The van der Waals surface area contributed by atoms with Gasteiger partial charge in [0.05, 0.1) is 5.25 Å². The van der Waals surface area contributed by atoms with Crippen molar-refractivity contribution in [3.05, 3.63) is 53.6 Å². The monoisotopic (exact) mass is 300 g/mol. The summed E-state index contributed by atoms with van der Waals surface area (Å²) < 4.78 is 0. The van der Waals surface area contributed by atoms with E-state index in [4.69, 9.17) is 5.73 Å². The predicted molar refractivity (Wildman–Crippen MR) is 90.7 cm³/mol. The lowest BCUT2D eigenvalue weighted by Gasteiger charge is -2.13. The van der Waals surface area contributed by atoms with E-state index in [1.54, 1.807) is 0 Å². The number of nitrogen functional groups attached to an aromatic ring is 1. The molecule has 4 heteroatoms. The Morgan fingerprint density at radius 3 is 2.57 bits per heavy atom. The minimum absolute atomic E-state index is 0.00863. The number of aryl methyl sites for hydroxylation is 2. The van der Waals surface area contributed by atoms with Gasteiger partial charge in [0.15, 0.2) is 0 Å². The van der Waals surface area contributed by atoms with Crippen molar-refractivity contribution in [1.29, 1.82) is 0 Å². The average molecular weight is 300 g/mol. The van der Waals surface area contributed by atoms with Crippen molar-refractivity contribution in [2.24, 2.45) is 0 Å². The van der Waals surface area contributed by atoms with Crippen molar-refractivity contribution in [1.82, 2.24) is 0 Å². The first-order valence-electron chi connectivity index (χ1n) is 6.86. The Morgan fingerprint density at radius 2 is 1.90 bits per heavy atom. The van der Waals surface area contributed by atoms with Gasteiger partial charge in [0.1, 0.15) is 0 Å². The third-order valence-electron chi connectivity index (χ3n) is 3.31. The Balaban J connectivity index is 2.00. The van der Waals surface area contributed by atoms with Crippen LogP contribution in [-0.4, -0.2) is 11.2 Å². The van der Waals surface area contributed by atoms with Crippen LogP contribution in [0.15, 0.2) is 47.4 Å². The van der Waals surface area contributed by atoms with Gasteiger partial charge in [0.2, 0.25) is 5.91 Å². The highest BCUT2D eigenvalue weighted by molar-refractivity contribution is 8.00. The molecular formula is C17H20N2OS. The molecule has 3 nitrogen and oxygen atoms in total. The van der Waals surface area contributed by atoms with Crippen LogP contribution in [0.1, 0.15) is 18.1 Å². The van der Waals surface area contributed by atoms with Crippen LogP contribution in [0, 0.1) is 13.8 Å². The first-order chi connectivity index (χ1) is 9.95. The van der Waals surface area contributed by atoms with Crippen LogP contribution in [0.4, 0.5) is 11.4 Å². The van der Waals surface area contributed by atoms with Crippen molar-refractivity contribution in [2.75, 3.05) is 11.1 Å². The minimum atomic E-state index is -0.187. The Labute approximate surface area is 129 Å². The van der Waals surface area contributed by atoms with Crippen LogP contribution in [0.2, 0.25) is 0 Å². The molecule has 0 fully saturated rings. The molecule has 0 aliphatic carbocycles. The molecule has 1 atom stereocenters. The topological polar surface area (TPSA) is 55.1 Å². The minimum Gasteiger partial charge on any atom is -0.399 e. The van der Waals surface area contributed by atoms with Crippen LogP contribution >= 0.6 is 11.8 Å². The summed E-state index contributed by atoms with van der Waals surface area (Å²) in [6, 6.07) is 13.5. The Morgan fingerprint density at radius 1 is 1.14 bits per heavy atom. The molecule has 2 aromatic carbocycles. The van der Waals surface area contributed by atoms with Gasteiger partial charge in [-0.25, -0.2) is 0 Å². The first-order valence-corrected chi connectivity index (χ1v) is 7.74. The first kappa shape index (κ1) is 15.4. The quantitative estimate of drug-likeness (QED) is 0.662. The number of rotatable bonds is 4. The summed E-state index contributed by atoms with van der Waals surface area (Å²) in [4.78, 5) is 13.2. The van der Waals surface area contributed by atoms with E-state index in [9.17, 15) is 4.79 Å². The van der Waals surface area contributed by atoms with Crippen molar-refractivity contribution in [3.8, 4) is 0 Å². The van der Waals surface area contributed by atoms with Crippen molar-refractivity contribution < 1.29 is 4.79 Å². The molecule has 2 aromatic rings. The lowest BCUT2D eigenvalue weighted by molar-refractivity contribution is -0.115. The molecule has 0 heterocycles. The number of nitrogens with one attached hydrogen (secondary N) is 1. The van der Waals surface area contributed by atoms with Crippen LogP contribution in [-0.2, 0) is 4.79 Å². The van der Waals surface area contributed by atoms with E-state index in [-0.39, 0.29) is 11.2 Å². The summed E-state index contributed by atoms with van der Waals surface area (Å²) in [5.41, 5.74) is 9.69. The molecule has 21 heavy (non-hydrogen) atoms. The van der Waals surface area contributed by atoms with Crippen molar-refractivity contribution >= 4 is 29.0 Å². The number of amides is 1. The van der Waals surface area contributed by atoms with Crippen LogP contribution in [0.5, 0.6) is 0 Å². The summed E-state index contributed by atoms with van der Waals surface area (Å²) in [6.07, 6.45) is 0. The number of nitrogens with two attached hydrogens (primary N) is 1. The zero-order valence-electron chi connectivity index (χ0n) is 12.5. The average Bonchev–Trinajstić information content (AvgIpc) is 2.43.